The normalized spacial score (nSPS) is 11.9. The van der Waals surface area contributed by atoms with Crippen LogP contribution in [-0.4, -0.2) is 7.11 Å². The van der Waals surface area contributed by atoms with Crippen molar-refractivity contribution in [1.29, 1.82) is 0 Å². The van der Waals surface area contributed by atoms with Gasteiger partial charge in [0.05, 0.1) is 7.11 Å². The summed E-state index contributed by atoms with van der Waals surface area (Å²) in [5.74, 6) is 0.606. The molecule has 3 heteroatoms. The molecular formula is C15H16FNO. The summed E-state index contributed by atoms with van der Waals surface area (Å²) in [5, 5.41) is 3.31. The van der Waals surface area contributed by atoms with E-state index in [1.54, 1.807) is 19.2 Å². The molecule has 0 fully saturated rings. The number of hydrogen-bond acceptors (Lipinski definition) is 2. The Bertz CT molecular complexity index is 510. The van der Waals surface area contributed by atoms with E-state index in [2.05, 4.69) is 5.32 Å². The summed E-state index contributed by atoms with van der Waals surface area (Å²) in [5.41, 5.74) is 1.90. The van der Waals surface area contributed by atoms with Gasteiger partial charge in [0.2, 0.25) is 0 Å². The summed E-state index contributed by atoms with van der Waals surface area (Å²) < 4.78 is 18.2. The zero-order chi connectivity index (χ0) is 13.0. The lowest BCUT2D eigenvalue weighted by Gasteiger charge is -2.16. The van der Waals surface area contributed by atoms with Gasteiger partial charge in [-0.2, -0.15) is 0 Å². The smallest absolute Gasteiger partial charge is 0.123 e. The minimum Gasteiger partial charge on any atom is -0.497 e. The van der Waals surface area contributed by atoms with Crippen molar-refractivity contribution in [2.24, 2.45) is 0 Å². The van der Waals surface area contributed by atoms with Gasteiger partial charge in [0.1, 0.15) is 11.6 Å². The van der Waals surface area contributed by atoms with E-state index >= 15 is 0 Å². The van der Waals surface area contributed by atoms with E-state index in [1.165, 1.54) is 6.07 Å². The summed E-state index contributed by atoms with van der Waals surface area (Å²) in [6, 6.07) is 14.3. The predicted octanol–water partition coefficient (Wildman–Crippen LogP) is 4.01. The largest absolute Gasteiger partial charge is 0.497 e. The van der Waals surface area contributed by atoms with Crippen LogP contribution in [0.15, 0.2) is 48.5 Å². The molecule has 0 aliphatic heterocycles. The second-order valence-electron chi connectivity index (χ2n) is 4.15. The van der Waals surface area contributed by atoms with Crippen LogP contribution in [0.4, 0.5) is 10.1 Å². The standard InChI is InChI=1S/C15H16FNO/c1-11(12-4-3-5-13(16)10-12)17-14-6-8-15(18-2)9-7-14/h3-11,17H,1-2H3/t11-/m1/s1. The van der Waals surface area contributed by atoms with E-state index < -0.39 is 0 Å². The summed E-state index contributed by atoms with van der Waals surface area (Å²) in [7, 11) is 1.64. The number of anilines is 1. The number of ether oxygens (including phenoxy) is 1. The average molecular weight is 245 g/mol. The van der Waals surface area contributed by atoms with E-state index in [-0.39, 0.29) is 11.9 Å². The maximum atomic E-state index is 13.1. The maximum absolute atomic E-state index is 13.1. The highest BCUT2D eigenvalue weighted by Crippen LogP contribution is 2.21. The van der Waals surface area contributed by atoms with Crippen molar-refractivity contribution < 1.29 is 9.13 Å². The van der Waals surface area contributed by atoms with E-state index in [0.29, 0.717) is 0 Å². The Kier molecular flexibility index (Phi) is 3.82. The predicted molar refractivity (Wildman–Crippen MR) is 71.4 cm³/mol. The molecule has 2 rings (SSSR count). The minimum atomic E-state index is -0.212. The zero-order valence-corrected chi connectivity index (χ0v) is 10.5. The Labute approximate surface area is 106 Å². The topological polar surface area (TPSA) is 21.3 Å². The van der Waals surface area contributed by atoms with Crippen molar-refractivity contribution in [3.63, 3.8) is 0 Å². The number of methoxy groups -OCH3 is 1. The van der Waals surface area contributed by atoms with Gasteiger partial charge in [-0.1, -0.05) is 12.1 Å². The Morgan fingerprint density at radius 2 is 1.83 bits per heavy atom. The van der Waals surface area contributed by atoms with Crippen LogP contribution in [0.5, 0.6) is 5.75 Å². The van der Waals surface area contributed by atoms with Crippen molar-refractivity contribution in [2.45, 2.75) is 13.0 Å². The van der Waals surface area contributed by atoms with Gasteiger partial charge in [0, 0.05) is 11.7 Å². The summed E-state index contributed by atoms with van der Waals surface area (Å²) in [6.45, 7) is 2.00. The van der Waals surface area contributed by atoms with E-state index in [9.17, 15) is 4.39 Å². The highest BCUT2D eigenvalue weighted by molar-refractivity contribution is 5.48. The van der Waals surface area contributed by atoms with Gasteiger partial charge in [-0.25, -0.2) is 4.39 Å². The highest BCUT2D eigenvalue weighted by Gasteiger charge is 2.06. The Balaban J connectivity index is 2.08. The SMILES string of the molecule is COc1ccc(N[C@H](C)c2cccc(F)c2)cc1. The van der Waals surface area contributed by atoms with Gasteiger partial charge >= 0.3 is 0 Å². The molecule has 0 aromatic heterocycles. The van der Waals surface area contributed by atoms with Crippen molar-refractivity contribution in [1.82, 2.24) is 0 Å². The molecule has 0 unspecified atom stereocenters. The molecule has 0 heterocycles. The highest BCUT2D eigenvalue weighted by atomic mass is 19.1. The molecule has 0 spiro atoms. The molecule has 1 N–H and O–H groups in total. The summed E-state index contributed by atoms with van der Waals surface area (Å²) >= 11 is 0. The number of hydrogen-bond donors (Lipinski definition) is 1. The molecule has 0 amide bonds. The maximum Gasteiger partial charge on any atom is 0.123 e. The second kappa shape index (κ2) is 5.54. The fourth-order valence-corrected chi connectivity index (χ4v) is 1.80. The lowest BCUT2D eigenvalue weighted by atomic mass is 10.1. The third-order valence-electron chi connectivity index (χ3n) is 2.82. The van der Waals surface area contributed by atoms with Crippen molar-refractivity contribution in [2.75, 3.05) is 12.4 Å². The first-order chi connectivity index (χ1) is 8.69. The fraction of sp³-hybridized carbons (Fsp3) is 0.200. The van der Waals surface area contributed by atoms with Gasteiger partial charge in [0.15, 0.2) is 0 Å². The van der Waals surface area contributed by atoms with Crippen molar-refractivity contribution in [3.8, 4) is 5.75 Å². The average Bonchev–Trinajstić information content (AvgIpc) is 2.39. The molecule has 1 atom stereocenters. The van der Waals surface area contributed by atoms with E-state index in [0.717, 1.165) is 17.0 Å². The zero-order valence-electron chi connectivity index (χ0n) is 10.5. The van der Waals surface area contributed by atoms with Crippen LogP contribution in [0, 0.1) is 5.82 Å². The molecule has 0 aliphatic carbocycles. The lowest BCUT2D eigenvalue weighted by Crippen LogP contribution is -2.06. The lowest BCUT2D eigenvalue weighted by molar-refractivity contribution is 0.415. The number of nitrogens with one attached hydrogen (secondary N) is 1. The van der Waals surface area contributed by atoms with Crippen LogP contribution >= 0.6 is 0 Å². The first-order valence-electron chi connectivity index (χ1n) is 5.85. The second-order valence-corrected chi connectivity index (χ2v) is 4.15. The third-order valence-corrected chi connectivity index (χ3v) is 2.82. The van der Waals surface area contributed by atoms with Crippen LogP contribution in [0.2, 0.25) is 0 Å². The number of rotatable bonds is 4. The molecule has 0 saturated carbocycles. The van der Waals surface area contributed by atoms with Gasteiger partial charge in [-0.15, -0.1) is 0 Å². The fourth-order valence-electron chi connectivity index (χ4n) is 1.80. The molecule has 0 radical (unpaired) electrons. The molecule has 2 aromatic rings. The van der Waals surface area contributed by atoms with Gasteiger partial charge in [-0.05, 0) is 48.9 Å². The Morgan fingerprint density at radius 1 is 1.11 bits per heavy atom. The molecule has 2 aromatic carbocycles. The Morgan fingerprint density at radius 3 is 2.44 bits per heavy atom. The number of benzene rings is 2. The molecule has 0 aliphatic rings. The molecule has 94 valence electrons. The summed E-state index contributed by atoms with van der Waals surface area (Å²) in [6.07, 6.45) is 0. The van der Waals surface area contributed by atoms with Gasteiger partial charge < -0.3 is 10.1 Å². The van der Waals surface area contributed by atoms with Crippen molar-refractivity contribution in [3.05, 3.63) is 59.9 Å². The first-order valence-corrected chi connectivity index (χ1v) is 5.85. The molecule has 0 saturated heterocycles. The van der Waals surface area contributed by atoms with Crippen LogP contribution < -0.4 is 10.1 Å². The molecular weight excluding hydrogens is 229 g/mol. The van der Waals surface area contributed by atoms with Crippen LogP contribution in [0.3, 0.4) is 0 Å². The molecule has 18 heavy (non-hydrogen) atoms. The van der Waals surface area contributed by atoms with Crippen LogP contribution in [0.25, 0.3) is 0 Å². The van der Waals surface area contributed by atoms with E-state index in [4.69, 9.17) is 4.74 Å². The van der Waals surface area contributed by atoms with Gasteiger partial charge in [0.25, 0.3) is 0 Å². The first kappa shape index (κ1) is 12.4. The summed E-state index contributed by atoms with van der Waals surface area (Å²) in [4.78, 5) is 0. The molecule has 0 bridgehead atoms. The van der Waals surface area contributed by atoms with Crippen LogP contribution in [-0.2, 0) is 0 Å². The third kappa shape index (κ3) is 3.00. The van der Waals surface area contributed by atoms with E-state index in [1.807, 2.05) is 37.3 Å². The van der Waals surface area contributed by atoms with Gasteiger partial charge in [-0.3, -0.25) is 0 Å². The quantitative estimate of drug-likeness (QED) is 0.878. The minimum absolute atomic E-state index is 0.0501. The van der Waals surface area contributed by atoms with Crippen LogP contribution in [0.1, 0.15) is 18.5 Å². The van der Waals surface area contributed by atoms with Crippen molar-refractivity contribution >= 4 is 5.69 Å². The molecule has 2 nitrogen and oxygen atoms in total. The Hall–Kier alpha value is -2.03. The number of halogens is 1. The monoisotopic (exact) mass is 245 g/mol.